The van der Waals surface area contributed by atoms with Gasteiger partial charge < -0.3 is 10.1 Å². The molecule has 19 heavy (non-hydrogen) atoms. The summed E-state index contributed by atoms with van der Waals surface area (Å²) >= 11 is 0. The van der Waals surface area contributed by atoms with E-state index in [0.29, 0.717) is 0 Å². The summed E-state index contributed by atoms with van der Waals surface area (Å²) in [5, 5.41) is 3.37. The van der Waals surface area contributed by atoms with Crippen molar-refractivity contribution < 1.29 is 4.74 Å². The van der Waals surface area contributed by atoms with Crippen molar-refractivity contribution in [1.29, 1.82) is 0 Å². The summed E-state index contributed by atoms with van der Waals surface area (Å²) in [6, 6.07) is 8.28. The minimum atomic E-state index is 0.838. The van der Waals surface area contributed by atoms with Crippen LogP contribution in [0, 0.1) is 6.92 Å². The van der Waals surface area contributed by atoms with E-state index in [9.17, 15) is 0 Å². The number of nitrogens with one attached hydrogen (secondary N) is 1. The molecule has 0 aliphatic carbocycles. The van der Waals surface area contributed by atoms with E-state index in [0.717, 1.165) is 18.8 Å². The lowest BCUT2D eigenvalue weighted by Gasteiger charge is -2.13. The first-order valence-corrected chi connectivity index (χ1v) is 6.55. The number of benzene rings is 1. The molecule has 0 saturated carbocycles. The molecule has 0 aliphatic heterocycles. The monoisotopic (exact) mass is 256 g/mol. The molecule has 1 N–H and O–H groups in total. The van der Waals surface area contributed by atoms with Gasteiger partial charge in [-0.15, -0.1) is 0 Å². The normalized spacial score (nSPS) is 10.5. The highest BCUT2D eigenvalue weighted by atomic mass is 16.5. The number of hydrogen-bond acceptors (Lipinski definition) is 3. The van der Waals surface area contributed by atoms with E-state index < -0.39 is 0 Å². The number of pyridine rings is 1. The SMILES string of the molecule is CCNCc1cc(OC)ccc1-c1ccncc1C. The van der Waals surface area contributed by atoms with Crippen molar-refractivity contribution >= 4 is 0 Å². The van der Waals surface area contributed by atoms with E-state index >= 15 is 0 Å². The fourth-order valence-electron chi connectivity index (χ4n) is 2.14. The van der Waals surface area contributed by atoms with Gasteiger partial charge in [0.25, 0.3) is 0 Å². The largest absolute Gasteiger partial charge is 0.497 e. The van der Waals surface area contributed by atoms with Gasteiger partial charge in [0.1, 0.15) is 5.75 Å². The van der Waals surface area contributed by atoms with Gasteiger partial charge in [-0.25, -0.2) is 0 Å². The number of aromatic nitrogens is 1. The first-order chi connectivity index (χ1) is 9.26. The minimum Gasteiger partial charge on any atom is -0.497 e. The second kappa shape index (κ2) is 6.34. The second-order valence-electron chi connectivity index (χ2n) is 4.49. The van der Waals surface area contributed by atoms with Crippen LogP contribution in [0.1, 0.15) is 18.1 Å². The number of hydrogen-bond donors (Lipinski definition) is 1. The van der Waals surface area contributed by atoms with Crippen molar-refractivity contribution in [2.45, 2.75) is 20.4 Å². The van der Waals surface area contributed by atoms with Gasteiger partial charge in [0.15, 0.2) is 0 Å². The van der Waals surface area contributed by atoms with Crippen molar-refractivity contribution in [2.24, 2.45) is 0 Å². The molecule has 1 heterocycles. The van der Waals surface area contributed by atoms with Gasteiger partial charge in [-0.2, -0.15) is 0 Å². The summed E-state index contributed by atoms with van der Waals surface area (Å²) in [4.78, 5) is 4.16. The van der Waals surface area contributed by atoms with Crippen LogP contribution in [0.25, 0.3) is 11.1 Å². The maximum atomic E-state index is 5.32. The van der Waals surface area contributed by atoms with E-state index in [-0.39, 0.29) is 0 Å². The number of ether oxygens (including phenoxy) is 1. The Morgan fingerprint density at radius 2 is 2.05 bits per heavy atom. The predicted octanol–water partition coefficient (Wildman–Crippen LogP) is 3.18. The van der Waals surface area contributed by atoms with Crippen molar-refractivity contribution in [3.8, 4) is 16.9 Å². The van der Waals surface area contributed by atoms with E-state index in [1.807, 2.05) is 18.5 Å². The second-order valence-corrected chi connectivity index (χ2v) is 4.49. The van der Waals surface area contributed by atoms with Crippen LogP contribution in [0.5, 0.6) is 5.75 Å². The summed E-state index contributed by atoms with van der Waals surface area (Å²) < 4.78 is 5.32. The molecule has 0 radical (unpaired) electrons. The third-order valence-electron chi connectivity index (χ3n) is 3.19. The molecular weight excluding hydrogens is 236 g/mol. The van der Waals surface area contributed by atoms with Gasteiger partial charge in [-0.1, -0.05) is 13.0 Å². The molecule has 0 amide bonds. The lowest BCUT2D eigenvalue weighted by atomic mass is 9.97. The van der Waals surface area contributed by atoms with Crippen LogP contribution in [-0.4, -0.2) is 18.6 Å². The molecule has 0 bridgehead atoms. The van der Waals surface area contributed by atoms with E-state index in [2.05, 4.69) is 42.3 Å². The summed E-state index contributed by atoms with van der Waals surface area (Å²) in [7, 11) is 1.70. The molecule has 1 aromatic heterocycles. The van der Waals surface area contributed by atoms with E-state index in [4.69, 9.17) is 4.74 Å². The molecule has 1 aromatic carbocycles. The van der Waals surface area contributed by atoms with Crippen molar-refractivity contribution in [3.63, 3.8) is 0 Å². The van der Waals surface area contributed by atoms with Crippen molar-refractivity contribution in [3.05, 3.63) is 47.8 Å². The number of methoxy groups -OCH3 is 1. The van der Waals surface area contributed by atoms with E-state index in [1.54, 1.807) is 7.11 Å². The molecule has 2 rings (SSSR count). The molecule has 2 aromatic rings. The quantitative estimate of drug-likeness (QED) is 0.892. The van der Waals surface area contributed by atoms with Gasteiger partial charge in [0, 0.05) is 18.9 Å². The van der Waals surface area contributed by atoms with Gasteiger partial charge in [-0.05, 0) is 53.9 Å². The Balaban J connectivity index is 2.46. The van der Waals surface area contributed by atoms with Crippen LogP contribution in [0.3, 0.4) is 0 Å². The Morgan fingerprint density at radius 3 is 2.74 bits per heavy atom. The lowest BCUT2D eigenvalue weighted by molar-refractivity contribution is 0.414. The van der Waals surface area contributed by atoms with Gasteiger partial charge in [0.2, 0.25) is 0 Å². The predicted molar refractivity (Wildman–Crippen MR) is 78.3 cm³/mol. The van der Waals surface area contributed by atoms with Gasteiger partial charge in [-0.3, -0.25) is 4.98 Å². The smallest absolute Gasteiger partial charge is 0.119 e. The Morgan fingerprint density at radius 1 is 1.21 bits per heavy atom. The Labute approximate surface area is 114 Å². The van der Waals surface area contributed by atoms with Gasteiger partial charge >= 0.3 is 0 Å². The van der Waals surface area contributed by atoms with Gasteiger partial charge in [0.05, 0.1) is 7.11 Å². The highest BCUT2D eigenvalue weighted by molar-refractivity contribution is 5.70. The summed E-state index contributed by atoms with van der Waals surface area (Å²) in [5.41, 5.74) is 4.90. The average Bonchev–Trinajstić information content (AvgIpc) is 2.45. The van der Waals surface area contributed by atoms with Crippen molar-refractivity contribution in [2.75, 3.05) is 13.7 Å². The molecule has 3 nitrogen and oxygen atoms in total. The maximum absolute atomic E-state index is 5.32. The van der Waals surface area contributed by atoms with Crippen LogP contribution in [-0.2, 0) is 6.54 Å². The fourth-order valence-corrected chi connectivity index (χ4v) is 2.14. The Bertz CT molecular complexity index is 552. The van der Waals surface area contributed by atoms with Crippen LogP contribution in [0.15, 0.2) is 36.7 Å². The topological polar surface area (TPSA) is 34.1 Å². The molecule has 0 atom stereocenters. The summed E-state index contributed by atoms with van der Waals surface area (Å²) in [5.74, 6) is 0.892. The third-order valence-corrected chi connectivity index (χ3v) is 3.19. The molecule has 0 spiro atoms. The Kier molecular flexibility index (Phi) is 4.53. The number of rotatable bonds is 5. The van der Waals surface area contributed by atoms with Crippen LogP contribution < -0.4 is 10.1 Å². The molecule has 0 fully saturated rings. The zero-order valence-electron chi connectivity index (χ0n) is 11.7. The van der Waals surface area contributed by atoms with Crippen LogP contribution in [0.2, 0.25) is 0 Å². The molecule has 0 aliphatic rings. The van der Waals surface area contributed by atoms with Crippen LogP contribution in [0.4, 0.5) is 0 Å². The standard InChI is InChI=1S/C16H20N2O/c1-4-17-11-13-9-14(19-3)5-6-16(13)15-7-8-18-10-12(15)2/h5-10,17H,4,11H2,1-3H3. The molecular formula is C16H20N2O. The first-order valence-electron chi connectivity index (χ1n) is 6.55. The molecule has 100 valence electrons. The maximum Gasteiger partial charge on any atom is 0.119 e. The van der Waals surface area contributed by atoms with Crippen LogP contribution >= 0.6 is 0 Å². The average molecular weight is 256 g/mol. The minimum absolute atomic E-state index is 0.838. The number of nitrogens with zero attached hydrogens (tertiary/aromatic N) is 1. The highest BCUT2D eigenvalue weighted by Crippen LogP contribution is 2.29. The highest BCUT2D eigenvalue weighted by Gasteiger charge is 2.08. The zero-order chi connectivity index (χ0) is 13.7. The lowest BCUT2D eigenvalue weighted by Crippen LogP contribution is -2.12. The molecule has 0 saturated heterocycles. The van der Waals surface area contributed by atoms with Crippen molar-refractivity contribution in [1.82, 2.24) is 10.3 Å². The first kappa shape index (κ1) is 13.6. The fraction of sp³-hybridized carbons (Fsp3) is 0.312. The summed E-state index contributed by atoms with van der Waals surface area (Å²) in [6.07, 6.45) is 3.74. The summed E-state index contributed by atoms with van der Waals surface area (Å²) in [6.45, 7) is 5.98. The zero-order valence-corrected chi connectivity index (χ0v) is 11.7. The number of aryl methyl sites for hydroxylation is 1. The molecule has 0 unspecified atom stereocenters. The Hall–Kier alpha value is -1.87. The van der Waals surface area contributed by atoms with E-state index in [1.165, 1.54) is 22.3 Å². The molecule has 3 heteroatoms. The third kappa shape index (κ3) is 3.12.